The van der Waals surface area contributed by atoms with E-state index in [-0.39, 0.29) is 28.8 Å². The minimum absolute atomic E-state index is 0.0106. The molecule has 5 atom stereocenters. The minimum atomic E-state index is -0.784. The van der Waals surface area contributed by atoms with Crippen LogP contribution in [0.15, 0.2) is 11.6 Å². The van der Waals surface area contributed by atoms with Crippen molar-refractivity contribution in [1.82, 2.24) is 0 Å². The highest BCUT2D eigenvalue weighted by Crippen LogP contribution is 2.70. The number of aliphatic hydroxyl groups is 1. The second kappa shape index (κ2) is 3.38. The number of hydrogen-bond donors (Lipinski definition) is 2. The molecule has 2 saturated carbocycles. The first-order valence-electron chi connectivity index (χ1n) is 6.91. The summed E-state index contributed by atoms with van der Waals surface area (Å²) in [7, 11) is 0. The summed E-state index contributed by atoms with van der Waals surface area (Å²) in [4.78, 5) is 11.4. The average Bonchev–Trinajstić information content (AvgIpc) is 2.74. The lowest BCUT2D eigenvalue weighted by atomic mass is 9.67. The standard InChI is InChI=1S/C15H22O3/c1-8-12(16)5-11-10(13(17)18)4-9-6-14(2,3)7-15(8,9)11/h4,8-9,11-12,16H,5-7H2,1-3H3,(H,17,18)/t8-,9+,11+,12-,15+/m1/s1. The normalized spacial score (nSPS) is 48.8. The minimum Gasteiger partial charge on any atom is -0.478 e. The second-order valence-corrected chi connectivity index (χ2v) is 7.34. The number of hydrogen-bond acceptors (Lipinski definition) is 2. The molecule has 18 heavy (non-hydrogen) atoms. The zero-order chi connectivity index (χ0) is 13.3. The highest BCUT2D eigenvalue weighted by molar-refractivity contribution is 5.88. The predicted molar refractivity (Wildman–Crippen MR) is 67.9 cm³/mol. The molecule has 2 N–H and O–H groups in total. The van der Waals surface area contributed by atoms with Gasteiger partial charge in [0.15, 0.2) is 0 Å². The summed E-state index contributed by atoms with van der Waals surface area (Å²) in [5.74, 6) is -0.169. The van der Waals surface area contributed by atoms with Gasteiger partial charge in [0.2, 0.25) is 0 Å². The van der Waals surface area contributed by atoms with Crippen LogP contribution in [0.4, 0.5) is 0 Å². The molecule has 3 heteroatoms. The summed E-state index contributed by atoms with van der Waals surface area (Å²) < 4.78 is 0. The first kappa shape index (κ1) is 12.2. The maximum atomic E-state index is 11.4. The van der Waals surface area contributed by atoms with Crippen molar-refractivity contribution >= 4 is 5.97 Å². The summed E-state index contributed by atoms with van der Waals surface area (Å²) in [5, 5.41) is 19.6. The van der Waals surface area contributed by atoms with E-state index in [9.17, 15) is 15.0 Å². The summed E-state index contributed by atoms with van der Waals surface area (Å²) >= 11 is 0. The number of aliphatic hydroxyl groups excluding tert-OH is 1. The molecular weight excluding hydrogens is 228 g/mol. The zero-order valence-electron chi connectivity index (χ0n) is 11.3. The van der Waals surface area contributed by atoms with Crippen LogP contribution in [-0.4, -0.2) is 22.3 Å². The Balaban J connectivity index is 2.08. The lowest BCUT2D eigenvalue weighted by Crippen LogP contribution is -2.34. The molecule has 1 spiro atoms. The van der Waals surface area contributed by atoms with Gasteiger partial charge in [-0.05, 0) is 47.8 Å². The molecule has 0 amide bonds. The SMILES string of the molecule is C[C@@H]1[C@H](O)C[C@H]2C(C(=O)O)=C[C@H]3CC(C)(C)C[C@]132. The van der Waals surface area contributed by atoms with Crippen molar-refractivity contribution < 1.29 is 15.0 Å². The molecule has 3 nitrogen and oxygen atoms in total. The predicted octanol–water partition coefficient (Wildman–Crippen LogP) is 2.45. The Morgan fingerprint density at radius 1 is 1.44 bits per heavy atom. The Morgan fingerprint density at radius 2 is 2.11 bits per heavy atom. The van der Waals surface area contributed by atoms with Crippen molar-refractivity contribution in [2.24, 2.45) is 28.6 Å². The molecular formula is C15H22O3. The Hall–Kier alpha value is -0.830. The van der Waals surface area contributed by atoms with Crippen molar-refractivity contribution in [3.8, 4) is 0 Å². The quantitative estimate of drug-likeness (QED) is 0.751. The molecule has 0 heterocycles. The summed E-state index contributed by atoms with van der Waals surface area (Å²) in [6.45, 7) is 6.64. The number of rotatable bonds is 1. The summed E-state index contributed by atoms with van der Waals surface area (Å²) in [6.07, 6.45) is 4.39. The van der Waals surface area contributed by atoms with E-state index in [4.69, 9.17) is 0 Å². The number of carbonyl (C=O) groups is 1. The molecule has 2 fully saturated rings. The van der Waals surface area contributed by atoms with E-state index in [1.54, 1.807) is 0 Å². The Morgan fingerprint density at radius 3 is 2.72 bits per heavy atom. The maximum absolute atomic E-state index is 11.4. The Labute approximate surface area is 108 Å². The molecule has 0 radical (unpaired) electrons. The molecule has 0 unspecified atom stereocenters. The van der Waals surface area contributed by atoms with Crippen molar-refractivity contribution in [2.75, 3.05) is 0 Å². The van der Waals surface area contributed by atoms with Crippen LogP contribution in [-0.2, 0) is 4.79 Å². The molecule has 0 aromatic carbocycles. The van der Waals surface area contributed by atoms with Crippen LogP contribution in [0.1, 0.15) is 40.0 Å². The fourth-order valence-corrected chi connectivity index (χ4v) is 5.22. The molecule has 100 valence electrons. The van der Waals surface area contributed by atoms with Gasteiger partial charge in [0.05, 0.1) is 6.10 Å². The van der Waals surface area contributed by atoms with Crippen LogP contribution >= 0.6 is 0 Å². The van der Waals surface area contributed by atoms with Crippen LogP contribution in [0.5, 0.6) is 0 Å². The molecule has 0 aliphatic heterocycles. The van der Waals surface area contributed by atoms with Crippen LogP contribution in [0, 0.1) is 28.6 Å². The van der Waals surface area contributed by atoms with Gasteiger partial charge in [-0.25, -0.2) is 4.79 Å². The lowest BCUT2D eigenvalue weighted by molar-refractivity contribution is -0.133. The number of aliphatic carboxylic acids is 1. The lowest BCUT2D eigenvalue weighted by Gasteiger charge is -2.36. The number of allylic oxidation sites excluding steroid dienone is 1. The molecule has 3 rings (SSSR count). The third-order valence-electron chi connectivity index (χ3n) is 5.80. The van der Waals surface area contributed by atoms with E-state index in [1.165, 1.54) is 0 Å². The first-order chi connectivity index (χ1) is 8.28. The van der Waals surface area contributed by atoms with Crippen molar-refractivity contribution in [1.29, 1.82) is 0 Å². The fourth-order valence-electron chi connectivity index (χ4n) is 5.22. The van der Waals surface area contributed by atoms with Crippen LogP contribution in [0.3, 0.4) is 0 Å². The smallest absolute Gasteiger partial charge is 0.331 e. The Kier molecular flexibility index (Phi) is 2.30. The van der Waals surface area contributed by atoms with Gasteiger partial charge >= 0.3 is 5.97 Å². The highest BCUT2D eigenvalue weighted by atomic mass is 16.4. The number of carboxylic acid groups (broad SMARTS) is 1. The molecule has 0 saturated heterocycles. The second-order valence-electron chi connectivity index (χ2n) is 7.34. The zero-order valence-corrected chi connectivity index (χ0v) is 11.3. The third kappa shape index (κ3) is 1.31. The largest absolute Gasteiger partial charge is 0.478 e. The average molecular weight is 250 g/mol. The highest BCUT2D eigenvalue weighted by Gasteiger charge is 2.65. The van der Waals surface area contributed by atoms with Gasteiger partial charge in [0.25, 0.3) is 0 Å². The van der Waals surface area contributed by atoms with Crippen LogP contribution in [0.25, 0.3) is 0 Å². The van der Waals surface area contributed by atoms with E-state index >= 15 is 0 Å². The maximum Gasteiger partial charge on any atom is 0.331 e. The first-order valence-corrected chi connectivity index (χ1v) is 6.91. The molecule has 0 bridgehead atoms. The van der Waals surface area contributed by atoms with Crippen molar-refractivity contribution in [3.05, 3.63) is 11.6 Å². The van der Waals surface area contributed by atoms with Gasteiger partial charge in [-0.15, -0.1) is 0 Å². The Bertz CT molecular complexity index is 437. The van der Waals surface area contributed by atoms with E-state index in [1.807, 2.05) is 6.08 Å². The monoisotopic (exact) mass is 250 g/mol. The summed E-state index contributed by atoms with van der Waals surface area (Å²) in [5.41, 5.74) is 0.845. The van der Waals surface area contributed by atoms with Gasteiger partial charge in [-0.1, -0.05) is 26.8 Å². The van der Waals surface area contributed by atoms with Gasteiger partial charge in [0, 0.05) is 5.57 Å². The molecule has 3 aliphatic rings. The van der Waals surface area contributed by atoms with Gasteiger partial charge in [-0.2, -0.15) is 0 Å². The van der Waals surface area contributed by atoms with E-state index in [0.717, 1.165) is 12.8 Å². The molecule has 0 aromatic heterocycles. The van der Waals surface area contributed by atoms with E-state index < -0.39 is 5.97 Å². The van der Waals surface area contributed by atoms with E-state index in [0.29, 0.717) is 17.9 Å². The molecule has 0 aromatic rings. The van der Waals surface area contributed by atoms with Crippen LogP contribution < -0.4 is 0 Å². The van der Waals surface area contributed by atoms with Crippen LogP contribution in [0.2, 0.25) is 0 Å². The van der Waals surface area contributed by atoms with Crippen molar-refractivity contribution in [3.63, 3.8) is 0 Å². The summed E-state index contributed by atoms with van der Waals surface area (Å²) in [6, 6.07) is 0. The van der Waals surface area contributed by atoms with Gasteiger partial charge in [0.1, 0.15) is 0 Å². The van der Waals surface area contributed by atoms with E-state index in [2.05, 4.69) is 20.8 Å². The third-order valence-corrected chi connectivity index (χ3v) is 5.80. The van der Waals surface area contributed by atoms with Gasteiger partial charge in [-0.3, -0.25) is 0 Å². The molecule has 3 aliphatic carbocycles. The number of carboxylic acids is 1. The van der Waals surface area contributed by atoms with Gasteiger partial charge < -0.3 is 10.2 Å². The van der Waals surface area contributed by atoms with Crippen molar-refractivity contribution in [2.45, 2.75) is 46.1 Å². The fraction of sp³-hybridized carbons (Fsp3) is 0.800. The topological polar surface area (TPSA) is 57.5 Å².